The van der Waals surface area contributed by atoms with Crippen molar-refractivity contribution < 1.29 is 0 Å². The van der Waals surface area contributed by atoms with Gasteiger partial charge in [0.15, 0.2) is 0 Å². The van der Waals surface area contributed by atoms with Crippen molar-refractivity contribution >= 4 is 0 Å². The van der Waals surface area contributed by atoms with Crippen LogP contribution >= 0.6 is 0 Å². The largest absolute Gasteiger partial charge is 0.0648 e. The van der Waals surface area contributed by atoms with Crippen LogP contribution in [0, 0.1) is 21.7 Å². The third-order valence-electron chi connectivity index (χ3n) is 5.50. The van der Waals surface area contributed by atoms with E-state index < -0.39 is 0 Å². The Morgan fingerprint density at radius 2 is 1.20 bits per heavy atom. The third-order valence-corrected chi connectivity index (χ3v) is 5.50. The highest BCUT2D eigenvalue weighted by atomic mass is 14.7. The van der Waals surface area contributed by atoms with Crippen LogP contribution in [0.3, 0.4) is 0 Å². The minimum Gasteiger partial charge on any atom is -0.0648 e. The van der Waals surface area contributed by atoms with E-state index in [-0.39, 0.29) is 0 Å². The fraction of sp³-hybridized carbons (Fsp3) is 1.00. The molecule has 0 bridgehead atoms. The lowest BCUT2D eigenvalue weighted by Gasteiger charge is -2.58. The summed E-state index contributed by atoms with van der Waals surface area (Å²) in [6, 6.07) is 0. The van der Waals surface area contributed by atoms with E-state index in [0.29, 0.717) is 21.7 Å². The normalized spacial score (nSPS) is 28.0. The average molecular weight is 210 g/mol. The molecule has 0 saturated heterocycles. The summed E-state index contributed by atoms with van der Waals surface area (Å²) >= 11 is 0. The fourth-order valence-electron chi connectivity index (χ4n) is 5.49. The van der Waals surface area contributed by atoms with Crippen LogP contribution < -0.4 is 0 Å². The third kappa shape index (κ3) is 1.47. The fourth-order valence-corrected chi connectivity index (χ4v) is 5.49. The van der Waals surface area contributed by atoms with E-state index in [2.05, 4.69) is 55.4 Å². The van der Waals surface area contributed by atoms with E-state index in [9.17, 15) is 0 Å². The van der Waals surface area contributed by atoms with E-state index in [4.69, 9.17) is 0 Å². The van der Waals surface area contributed by atoms with Crippen LogP contribution in [0.2, 0.25) is 0 Å². The molecule has 0 spiro atoms. The van der Waals surface area contributed by atoms with Crippen molar-refractivity contribution in [2.75, 3.05) is 0 Å². The first-order chi connectivity index (χ1) is 6.52. The van der Waals surface area contributed by atoms with E-state index in [0.717, 1.165) is 0 Å². The summed E-state index contributed by atoms with van der Waals surface area (Å²) in [4.78, 5) is 0. The first-order valence-electron chi connectivity index (χ1n) is 6.52. The second-order valence-corrected chi connectivity index (χ2v) is 7.78. The van der Waals surface area contributed by atoms with Crippen LogP contribution in [0.5, 0.6) is 0 Å². The predicted octanol–water partition coefficient (Wildman–Crippen LogP) is 5.28. The van der Waals surface area contributed by atoms with Gasteiger partial charge in [-0.15, -0.1) is 0 Å². The first kappa shape index (κ1) is 13.1. The highest BCUT2D eigenvalue weighted by Crippen LogP contribution is 2.70. The van der Waals surface area contributed by atoms with Gasteiger partial charge in [0, 0.05) is 0 Å². The molecule has 0 N–H and O–H groups in total. The van der Waals surface area contributed by atoms with Crippen molar-refractivity contribution in [2.24, 2.45) is 21.7 Å². The molecule has 0 nitrogen and oxygen atoms in total. The molecule has 0 aromatic carbocycles. The lowest BCUT2D eigenvalue weighted by atomic mass is 9.47. The highest BCUT2D eigenvalue weighted by Gasteiger charge is 2.62. The Kier molecular flexibility index (Phi) is 2.83. The Labute approximate surface area is 96.8 Å². The summed E-state index contributed by atoms with van der Waals surface area (Å²) in [6.45, 7) is 19.6. The highest BCUT2D eigenvalue weighted by molar-refractivity contribution is 5.11. The Morgan fingerprint density at radius 1 is 0.867 bits per heavy atom. The standard InChI is InChI=1S/C15H30/c1-9-15(12(2,3)4)13(5,6)10-11-14(15,7)8/h9-11H2,1-8H3. The van der Waals surface area contributed by atoms with Crippen molar-refractivity contribution in [3.8, 4) is 0 Å². The lowest BCUT2D eigenvalue weighted by molar-refractivity contribution is -0.0942. The average Bonchev–Trinajstić information content (AvgIpc) is 2.17. The zero-order valence-electron chi connectivity index (χ0n) is 12.1. The minimum atomic E-state index is 0.394. The van der Waals surface area contributed by atoms with Crippen molar-refractivity contribution in [3.63, 3.8) is 0 Å². The second-order valence-electron chi connectivity index (χ2n) is 7.78. The van der Waals surface area contributed by atoms with Gasteiger partial charge in [-0.2, -0.15) is 0 Å². The smallest absolute Gasteiger partial charge is 0.0149 e. The summed E-state index contributed by atoms with van der Waals surface area (Å²) in [5, 5.41) is 0. The molecule has 0 aliphatic heterocycles. The van der Waals surface area contributed by atoms with Gasteiger partial charge in [-0.1, -0.05) is 55.4 Å². The first-order valence-corrected chi connectivity index (χ1v) is 6.52. The quantitative estimate of drug-likeness (QED) is 0.552. The van der Waals surface area contributed by atoms with Crippen molar-refractivity contribution in [2.45, 2.75) is 74.7 Å². The Hall–Kier alpha value is 0. The maximum absolute atomic E-state index is 2.48. The molecule has 0 aromatic rings. The molecule has 1 saturated carbocycles. The zero-order valence-corrected chi connectivity index (χ0v) is 12.1. The molecular formula is C15H30. The van der Waals surface area contributed by atoms with Gasteiger partial charge in [-0.25, -0.2) is 0 Å². The molecule has 0 unspecified atom stereocenters. The van der Waals surface area contributed by atoms with Gasteiger partial charge in [0.2, 0.25) is 0 Å². The van der Waals surface area contributed by atoms with Gasteiger partial charge >= 0.3 is 0 Å². The van der Waals surface area contributed by atoms with Crippen LogP contribution in [0.25, 0.3) is 0 Å². The molecule has 0 aromatic heterocycles. The molecule has 0 amide bonds. The van der Waals surface area contributed by atoms with Gasteiger partial charge in [0.1, 0.15) is 0 Å². The van der Waals surface area contributed by atoms with Crippen LogP contribution in [-0.2, 0) is 0 Å². The molecule has 1 rings (SSSR count). The maximum atomic E-state index is 2.48. The molecule has 90 valence electrons. The Balaban J connectivity index is 3.36. The van der Waals surface area contributed by atoms with Crippen LogP contribution in [0.4, 0.5) is 0 Å². The molecule has 0 heteroatoms. The van der Waals surface area contributed by atoms with Crippen LogP contribution in [-0.4, -0.2) is 0 Å². The summed E-state index contributed by atoms with van der Waals surface area (Å²) in [7, 11) is 0. The van der Waals surface area contributed by atoms with Crippen LogP contribution in [0.1, 0.15) is 74.7 Å². The topological polar surface area (TPSA) is 0 Å². The summed E-state index contributed by atoms with van der Waals surface area (Å²) in [6.07, 6.45) is 4.06. The molecule has 1 fully saturated rings. The maximum Gasteiger partial charge on any atom is -0.0149 e. The molecule has 1 aliphatic rings. The molecule has 1 aliphatic carbocycles. The van der Waals surface area contributed by atoms with Crippen molar-refractivity contribution in [1.29, 1.82) is 0 Å². The molecule has 0 radical (unpaired) electrons. The van der Waals surface area contributed by atoms with Gasteiger partial charge < -0.3 is 0 Å². The van der Waals surface area contributed by atoms with Crippen molar-refractivity contribution in [1.82, 2.24) is 0 Å². The lowest BCUT2D eigenvalue weighted by Crippen LogP contribution is -2.51. The van der Waals surface area contributed by atoms with Crippen molar-refractivity contribution in [3.05, 3.63) is 0 Å². The summed E-state index contributed by atoms with van der Waals surface area (Å²) in [5.74, 6) is 0. The van der Waals surface area contributed by atoms with Gasteiger partial charge in [0.05, 0.1) is 0 Å². The zero-order chi connectivity index (χ0) is 12.1. The SMILES string of the molecule is CCC1(C(C)(C)C)C(C)(C)CCC1(C)C. The second kappa shape index (κ2) is 3.25. The minimum absolute atomic E-state index is 0.394. The molecule has 0 atom stereocenters. The van der Waals surface area contributed by atoms with E-state index in [1.165, 1.54) is 19.3 Å². The van der Waals surface area contributed by atoms with Gasteiger partial charge in [-0.05, 0) is 40.9 Å². The Bertz CT molecular complexity index is 221. The number of hydrogen-bond acceptors (Lipinski definition) is 0. The van der Waals surface area contributed by atoms with E-state index in [1.54, 1.807) is 0 Å². The molecule has 15 heavy (non-hydrogen) atoms. The molecular weight excluding hydrogens is 180 g/mol. The molecule has 0 heterocycles. The Morgan fingerprint density at radius 3 is 1.33 bits per heavy atom. The predicted molar refractivity (Wildman–Crippen MR) is 69.0 cm³/mol. The van der Waals surface area contributed by atoms with Gasteiger partial charge in [-0.3, -0.25) is 0 Å². The van der Waals surface area contributed by atoms with Gasteiger partial charge in [0.25, 0.3) is 0 Å². The summed E-state index contributed by atoms with van der Waals surface area (Å²) in [5.41, 5.74) is 1.81. The number of hydrogen-bond donors (Lipinski definition) is 0. The monoisotopic (exact) mass is 210 g/mol. The number of rotatable bonds is 1. The summed E-state index contributed by atoms with van der Waals surface area (Å²) < 4.78 is 0. The van der Waals surface area contributed by atoms with E-state index >= 15 is 0 Å². The van der Waals surface area contributed by atoms with Crippen LogP contribution in [0.15, 0.2) is 0 Å². The van der Waals surface area contributed by atoms with E-state index in [1.807, 2.05) is 0 Å².